The molecule has 0 N–H and O–H groups in total. The summed E-state index contributed by atoms with van der Waals surface area (Å²) in [6.45, 7) is 20.7. The van der Waals surface area contributed by atoms with Gasteiger partial charge in [-0.15, -0.1) is 0 Å². The van der Waals surface area contributed by atoms with Gasteiger partial charge in [0.1, 0.15) is 0 Å². The predicted octanol–water partition coefficient (Wildman–Crippen LogP) is 39.6. The van der Waals surface area contributed by atoms with Gasteiger partial charge in [-0.05, 0) is 348 Å². The van der Waals surface area contributed by atoms with Crippen LogP contribution >= 0.6 is 0 Å². The summed E-state index contributed by atoms with van der Waals surface area (Å²) < 4.78 is 2.39. The molecule has 0 amide bonds. The SMILES string of the molecule is CC(C)(C)c1cc2ccc3c(-c4ccc(-c5ccccn5)cc4)cc(-c4cccc(-c5ccc6ccccc6c5)c4)c4ccc(c1)c2c34.CC(C)(C)c1cc2ccc3c(-c4ccc(-c5cccnc5)cc4)cc(-c4ccc(-c5cccc6ccccc56)cc4)c4ccc(c1)c2c34.CC(C)(C)c1cc2ccc3c(-c4ccc(-c5cccnc5)cc4)cc(-c4ccc5c(c4)c4ccccc4n5-c4ccccc4)c4ccc(c1)c2c34. The van der Waals surface area contributed by atoms with Gasteiger partial charge >= 0.3 is 0 Å². The third-order valence-electron chi connectivity index (χ3n) is 30.8. The van der Waals surface area contributed by atoms with Crippen molar-refractivity contribution in [1.82, 2.24) is 19.5 Å². The summed E-state index contributed by atoms with van der Waals surface area (Å²) in [7, 11) is 0. The largest absolute Gasteiger partial charge is 0.309 e. The second kappa shape index (κ2) is 35.6. The molecule has 0 radical (unpaired) electrons. The van der Waals surface area contributed by atoms with Gasteiger partial charge < -0.3 is 4.57 Å². The van der Waals surface area contributed by atoms with Crippen molar-refractivity contribution in [3.63, 3.8) is 0 Å². The summed E-state index contributed by atoms with van der Waals surface area (Å²) in [6, 6.07) is 166. The maximum Gasteiger partial charge on any atom is 0.0701 e. The molecule has 0 aliphatic carbocycles. The van der Waals surface area contributed by atoms with E-state index in [4.69, 9.17) is 0 Å². The Bertz CT molecular complexity index is 9900. The Hall–Kier alpha value is -17.8. The van der Waals surface area contributed by atoms with E-state index in [0.717, 1.165) is 22.4 Å². The Balaban J connectivity index is 0.000000112. The van der Waals surface area contributed by atoms with Crippen molar-refractivity contribution in [2.45, 2.75) is 78.6 Å². The van der Waals surface area contributed by atoms with Crippen LogP contribution in [0.25, 0.3) is 269 Å². The number of pyridine rings is 3. The van der Waals surface area contributed by atoms with Gasteiger partial charge in [-0.2, -0.15) is 0 Å². The molecule has 0 spiro atoms. The summed E-state index contributed by atoms with van der Waals surface area (Å²) in [4.78, 5) is 13.3. The van der Waals surface area contributed by atoms with E-state index >= 15 is 0 Å². The number of benzene rings is 24. The van der Waals surface area contributed by atoms with Gasteiger partial charge in [-0.1, -0.05) is 426 Å². The highest BCUT2D eigenvalue weighted by molar-refractivity contribution is 6.32. The third kappa shape index (κ3) is 16.0. The molecule has 698 valence electrons. The molecule has 0 atom stereocenters. The summed E-state index contributed by atoms with van der Waals surface area (Å²) in [6.07, 6.45) is 9.36. The molecule has 0 aliphatic heterocycles. The molecular weight excluding hydrogens is 1770 g/mol. The maximum atomic E-state index is 4.58. The minimum atomic E-state index is 0.0606. The first-order valence-corrected chi connectivity index (χ1v) is 51.3. The lowest BCUT2D eigenvalue weighted by atomic mass is 9.81. The van der Waals surface area contributed by atoms with Crippen molar-refractivity contribution in [1.29, 1.82) is 0 Å². The van der Waals surface area contributed by atoms with Crippen molar-refractivity contribution in [2.75, 3.05) is 0 Å². The highest BCUT2D eigenvalue weighted by Crippen LogP contribution is 2.52. The monoisotopic (exact) mass is 1880 g/mol. The smallest absolute Gasteiger partial charge is 0.0701 e. The fraction of sp³-hybridized carbons (Fsp3) is 0.0839. The van der Waals surface area contributed by atoms with Crippen molar-refractivity contribution in [2.24, 2.45) is 0 Å². The van der Waals surface area contributed by atoms with Crippen LogP contribution in [0.1, 0.15) is 79.0 Å². The molecule has 28 rings (SSSR count). The van der Waals surface area contributed by atoms with Gasteiger partial charge in [0.05, 0.1) is 16.7 Å². The Kier molecular flexibility index (Phi) is 21.6. The first kappa shape index (κ1) is 89.3. The fourth-order valence-electron chi connectivity index (χ4n) is 23.1. The van der Waals surface area contributed by atoms with Gasteiger partial charge in [-0.3, -0.25) is 15.0 Å². The second-order valence-electron chi connectivity index (χ2n) is 43.0. The van der Waals surface area contributed by atoms with Crippen molar-refractivity contribution >= 4 is 140 Å². The van der Waals surface area contributed by atoms with Gasteiger partial charge in [-0.25, -0.2) is 0 Å². The summed E-state index contributed by atoms with van der Waals surface area (Å²) in [5, 5.41) is 31.2. The van der Waals surface area contributed by atoms with Crippen molar-refractivity contribution < 1.29 is 0 Å². The lowest BCUT2D eigenvalue weighted by molar-refractivity contribution is 0.591. The zero-order valence-electron chi connectivity index (χ0n) is 83.9. The van der Waals surface area contributed by atoms with E-state index in [1.807, 2.05) is 55.2 Å². The Morgan fingerprint density at radius 3 is 0.959 bits per heavy atom. The average Bonchev–Trinajstić information content (AvgIpc) is 1.35. The molecule has 24 aromatic carbocycles. The Morgan fingerprint density at radius 1 is 0.170 bits per heavy atom. The van der Waals surface area contributed by atoms with Gasteiger partial charge in [0.25, 0.3) is 0 Å². The minimum Gasteiger partial charge on any atom is -0.309 e. The van der Waals surface area contributed by atoms with E-state index in [1.165, 1.54) is 263 Å². The van der Waals surface area contributed by atoms with Gasteiger partial charge in [0.15, 0.2) is 0 Å². The molecule has 0 aliphatic rings. The minimum absolute atomic E-state index is 0.0606. The molecule has 0 saturated heterocycles. The standard InChI is InChI=1S/C49H36N2.2C47H35N/c1-49(2,3)37-26-34-19-22-40-42(32-17-15-31(16-18-32)36-10-9-25-50-30-36)29-43(41-23-20-35(27-37)47(34)48(40)41)33-21-24-46-44(28-33)39-13-7-8-14-45(39)51(46)38-11-5-4-6-12-38;1-47(2,3)38-26-35-21-23-41-43(33-15-13-30(14-16-33)37-10-7-25-48-29-37)28-44(42-24-22-36(27-38)45(35)46(41)42)34-19-17-32(18-20-34)40-12-6-9-31-8-4-5-11-39(31)40;1-47(2,3)39-27-37-20-22-40-42(31-15-17-32(18-16-31)44-13-6-7-24-48-44)29-43(41-23-21-38(28-39)45(37)46(40)41)36-12-8-11-34(26-36)35-19-14-30-9-4-5-10-33(30)25-35/h4-30H,1-3H3;2*4-29H,1-3H3. The molecule has 0 saturated carbocycles. The van der Waals surface area contributed by atoms with Crippen LogP contribution in [0.2, 0.25) is 0 Å². The highest BCUT2D eigenvalue weighted by atomic mass is 15.0. The van der Waals surface area contributed by atoms with Crippen molar-refractivity contribution in [3.05, 3.63) is 497 Å². The topological polar surface area (TPSA) is 43.6 Å². The zero-order chi connectivity index (χ0) is 99.1. The van der Waals surface area contributed by atoms with Crippen LogP contribution in [0.5, 0.6) is 0 Å². The van der Waals surface area contributed by atoms with Crippen molar-refractivity contribution in [3.8, 4) is 128 Å². The molecule has 0 bridgehead atoms. The number of hydrogen-bond donors (Lipinski definition) is 0. The second-order valence-corrected chi connectivity index (χ2v) is 43.0. The number of para-hydroxylation sites is 2. The summed E-state index contributed by atoms with van der Waals surface area (Å²) >= 11 is 0. The first-order chi connectivity index (χ1) is 71.7. The van der Waals surface area contributed by atoms with E-state index in [1.54, 1.807) is 0 Å². The van der Waals surface area contributed by atoms with Crippen LogP contribution in [-0.4, -0.2) is 19.5 Å². The van der Waals surface area contributed by atoms with Crippen LogP contribution in [0, 0.1) is 0 Å². The lowest BCUT2D eigenvalue weighted by Gasteiger charge is -2.23. The third-order valence-corrected chi connectivity index (χ3v) is 30.8. The van der Waals surface area contributed by atoms with Crippen LogP contribution in [0.3, 0.4) is 0 Å². The Labute approximate surface area is 856 Å². The van der Waals surface area contributed by atoms with Gasteiger partial charge in [0.2, 0.25) is 0 Å². The van der Waals surface area contributed by atoms with E-state index in [9.17, 15) is 0 Å². The number of aromatic nitrogens is 4. The average molecular weight is 1880 g/mol. The molecule has 0 fully saturated rings. The van der Waals surface area contributed by atoms with Crippen LogP contribution in [0.4, 0.5) is 0 Å². The molecule has 28 aromatic rings. The van der Waals surface area contributed by atoms with Crippen LogP contribution in [0.15, 0.2) is 480 Å². The van der Waals surface area contributed by atoms with E-state index in [-0.39, 0.29) is 16.2 Å². The molecule has 4 nitrogen and oxygen atoms in total. The zero-order valence-corrected chi connectivity index (χ0v) is 83.9. The predicted molar refractivity (Wildman–Crippen MR) is 629 cm³/mol. The number of nitrogens with zero attached hydrogens (tertiary/aromatic N) is 4. The number of hydrogen-bond acceptors (Lipinski definition) is 3. The first-order valence-electron chi connectivity index (χ1n) is 51.3. The molecular formula is C143H106N4. The Morgan fingerprint density at radius 2 is 0.510 bits per heavy atom. The molecule has 4 heteroatoms. The van der Waals surface area contributed by atoms with E-state index in [0.29, 0.717) is 0 Å². The lowest BCUT2D eigenvalue weighted by Crippen LogP contribution is -2.10. The van der Waals surface area contributed by atoms with E-state index < -0.39 is 0 Å². The summed E-state index contributed by atoms with van der Waals surface area (Å²) in [5.41, 5.74) is 34.3. The van der Waals surface area contributed by atoms with Gasteiger partial charge in [0, 0.05) is 53.0 Å². The number of fused-ring (bicyclic) bond motifs is 5. The fourth-order valence-corrected chi connectivity index (χ4v) is 23.1. The molecule has 4 heterocycles. The maximum absolute atomic E-state index is 4.58. The number of rotatable bonds is 12. The van der Waals surface area contributed by atoms with Crippen LogP contribution < -0.4 is 0 Å². The highest BCUT2D eigenvalue weighted by Gasteiger charge is 2.28. The molecule has 0 unspecified atom stereocenters. The summed E-state index contributed by atoms with van der Waals surface area (Å²) in [5.74, 6) is 0. The normalized spacial score (nSPS) is 12.1. The molecule has 147 heavy (non-hydrogen) atoms. The molecule has 4 aromatic heterocycles. The van der Waals surface area contributed by atoms with Crippen LogP contribution in [-0.2, 0) is 16.2 Å². The van der Waals surface area contributed by atoms with E-state index in [2.05, 4.69) is 506 Å². The quantitative estimate of drug-likeness (QED) is 0.115.